The second-order valence-corrected chi connectivity index (χ2v) is 8.52. The Kier molecular flexibility index (Phi) is 3.57. The highest BCUT2D eigenvalue weighted by molar-refractivity contribution is 5.04. The fourth-order valence-corrected chi connectivity index (χ4v) is 4.79. The summed E-state index contributed by atoms with van der Waals surface area (Å²) < 4.78 is 0. The summed E-state index contributed by atoms with van der Waals surface area (Å²) in [5.74, 6) is 0. The lowest BCUT2D eigenvalue weighted by Crippen LogP contribution is -2.70. The second kappa shape index (κ2) is 5.19. The number of hydrogen-bond acceptors (Lipinski definition) is 4. The van der Waals surface area contributed by atoms with Gasteiger partial charge in [-0.3, -0.25) is 14.7 Å². The average molecular weight is 292 g/mol. The zero-order chi connectivity index (χ0) is 14.6. The molecular weight excluding hydrogens is 260 g/mol. The molecule has 0 amide bonds. The first kappa shape index (κ1) is 14.4. The predicted octanol–water partition coefficient (Wildman–Crippen LogP) is 0.791. The van der Waals surface area contributed by atoms with Gasteiger partial charge in [0.1, 0.15) is 0 Å². The molecule has 0 aromatic heterocycles. The highest BCUT2D eigenvalue weighted by Crippen LogP contribution is 2.43. The molecule has 0 unspecified atom stereocenters. The number of likely N-dealkylation sites (tertiary alicyclic amines) is 4. The van der Waals surface area contributed by atoms with Crippen molar-refractivity contribution in [1.29, 1.82) is 0 Å². The van der Waals surface area contributed by atoms with Crippen LogP contribution in [0.3, 0.4) is 0 Å². The Bertz CT molecular complexity index is 368. The third-order valence-corrected chi connectivity index (χ3v) is 6.63. The smallest absolute Gasteiger partial charge is 0.0350 e. The lowest BCUT2D eigenvalue weighted by Gasteiger charge is -2.60. The van der Waals surface area contributed by atoms with E-state index in [9.17, 15) is 0 Å². The standard InChI is InChI=1S/C17H32N4/c1-14(2)20-10-16(11-20)19-6-4-17(5-7-19)12-21(13-17)15-8-18(3)9-15/h14-16H,4-13H2,1-3H3. The minimum absolute atomic E-state index is 0.701. The van der Waals surface area contributed by atoms with E-state index in [0.717, 1.165) is 18.1 Å². The molecule has 0 atom stereocenters. The molecule has 4 fully saturated rings. The maximum absolute atomic E-state index is 2.78. The van der Waals surface area contributed by atoms with Crippen LogP contribution in [0.5, 0.6) is 0 Å². The number of hydrogen-bond donors (Lipinski definition) is 0. The van der Waals surface area contributed by atoms with Crippen molar-refractivity contribution in [2.24, 2.45) is 5.41 Å². The van der Waals surface area contributed by atoms with E-state index in [1.54, 1.807) is 0 Å². The van der Waals surface area contributed by atoms with Gasteiger partial charge in [-0.2, -0.15) is 0 Å². The summed E-state index contributed by atoms with van der Waals surface area (Å²) in [6.07, 6.45) is 2.90. The normalized spacial score (nSPS) is 33.1. The van der Waals surface area contributed by atoms with Crippen molar-refractivity contribution in [3.8, 4) is 0 Å². The van der Waals surface area contributed by atoms with E-state index in [2.05, 4.69) is 40.5 Å². The Morgan fingerprint density at radius 3 is 1.95 bits per heavy atom. The first-order valence-corrected chi connectivity index (χ1v) is 8.95. The van der Waals surface area contributed by atoms with E-state index in [1.165, 1.54) is 65.2 Å². The average Bonchev–Trinajstić information content (AvgIpc) is 2.31. The van der Waals surface area contributed by atoms with E-state index in [4.69, 9.17) is 0 Å². The Labute approximate surface area is 130 Å². The van der Waals surface area contributed by atoms with Gasteiger partial charge < -0.3 is 4.90 Å². The summed E-state index contributed by atoms with van der Waals surface area (Å²) in [6, 6.07) is 2.48. The van der Waals surface area contributed by atoms with Gasteiger partial charge in [-0.1, -0.05) is 0 Å². The highest BCUT2D eigenvalue weighted by Gasteiger charge is 2.49. The topological polar surface area (TPSA) is 13.0 Å². The summed E-state index contributed by atoms with van der Waals surface area (Å²) in [6.45, 7) is 15.4. The molecule has 0 bridgehead atoms. The fraction of sp³-hybridized carbons (Fsp3) is 1.00. The van der Waals surface area contributed by atoms with Crippen LogP contribution >= 0.6 is 0 Å². The van der Waals surface area contributed by atoms with Gasteiger partial charge in [-0.15, -0.1) is 0 Å². The third-order valence-electron chi connectivity index (χ3n) is 6.63. The third kappa shape index (κ3) is 2.54. The fourth-order valence-electron chi connectivity index (χ4n) is 4.79. The Balaban J connectivity index is 1.20. The number of likely N-dealkylation sites (N-methyl/N-ethyl adjacent to an activating group) is 1. The quantitative estimate of drug-likeness (QED) is 0.762. The first-order chi connectivity index (χ1) is 10.0. The molecule has 0 saturated carbocycles. The van der Waals surface area contributed by atoms with E-state index in [-0.39, 0.29) is 0 Å². The van der Waals surface area contributed by atoms with Crippen molar-refractivity contribution in [1.82, 2.24) is 19.6 Å². The SMILES string of the molecule is CC(C)N1CC(N2CCC3(CC2)CN(C2CN(C)C2)C3)C1. The molecule has 4 rings (SSSR count). The van der Waals surface area contributed by atoms with Crippen LogP contribution < -0.4 is 0 Å². The lowest BCUT2D eigenvalue weighted by atomic mass is 9.70. The van der Waals surface area contributed by atoms with Gasteiger partial charge in [0.05, 0.1) is 0 Å². The first-order valence-electron chi connectivity index (χ1n) is 8.95. The van der Waals surface area contributed by atoms with E-state index in [1.807, 2.05) is 0 Å². The van der Waals surface area contributed by atoms with Crippen LogP contribution in [0, 0.1) is 5.41 Å². The van der Waals surface area contributed by atoms with Crippen LogP contribution in [0.2, 0.25) is 0 Å². The van der Waals surface area contributed by atoms with Crippen LogP contribution in [0.15, 0.2) is 0 Å². The largest absolute Gasteiger partial charge is 0.303 e. The van der Waals surface area contributed by atoms with Crippen molar-refractivity contribution in [3.63, 3.8) is 0 Å². The Hall–Kier alpha value is -0.160. The zero-order valence-electron chi connectivity index (χ0n) is 14.1. The summed E-state index contributed by atoms with van der Waals surface area (Å²) in [5, 5.41) is 0. The van der Waals surface area contributed by atoms with Crippen molar-refractivity contribution in [2.75, 3.05) is 59.4 Å². The van der Waals surface area contributed by atoms with Gasteiger partial charge >= 0.3 is 0 Å². The Morgan fingerprint density at radius 1 is 0.857 bits per heavy atom. The van der Waals surface area contributed by atoms with E-state index >= 15 is 0 Å². The maximum Gasteiger partial charge on any atom is 0.0350 e. The minimum atomic E-state index is 0.701. The molecule has 120 valence electrons. The molecule has 0 N–H and O–H groups in total. The molecule has 1 spiro atoms. The van der Waals surface area contributed by atoms with Crippen LogP contribution in [0.4, 0.5) is 0 Å². The zero-order valence-corrected chi connectivity index (χ0v) is 14.1. The number of nitrogens with zero attached hydrogens (tertiary/aromatic N) is 4. The van der Waals surface area contributed by atoms with E-state index in [0.29, 0.717) is 5.41 Å². The van der Waals surface area contributed by atoms with Gasteiger partial charge in [0, 0.05) is 57.4 Å². The number of rotatable bonds is 3. The van der Waals surface area contributed by atoms with Crippen molar-refractivity contribution in [2.45, 2.75) is 44.8 Å². The summed E-state index contributed by atoms with van der Waals surface area (Å²) >= 11 is 0. The molecule has 0 radical (unpaired) electrons. The van der Waals surface area contributed by atoms with Gasteiger partial charge in [-0.25, -0.2) is 0 Å². The van der Waals surface area contributed by atoms with Crippen LogP contribution in [-0.4, -0.2) is 97.1 Å². The van der Waals surface area contributed by atoms with Crippen molar-refractivity contribution < 1.29 is 0 Å². The van der Waals surface area contributed by atoms with Gasteiger partial charge in [0.25, 0.3) is 0 Å². The summed E-state index contributed by atoms with van der Waals surface area (Å²) in [4.78, 5) is 10.6. The highest BCUT2D eigenvalue weighted by atomic mass is 15.4. The van der Waals surface area contributed by atoms with Crippen LogP contribution in [0.25, 0.3) is 0 Å². The minimum Gasteiger partial charge on any atom is -0.303 e. The van der Waals surface area contributed by atoms with Gasteiger partial charge in [-0.05, 0) is 52.2 Å². The summed E-state index contributed by atoms with van der Waals surface area (Å²) in [5.41, 5.74) is 0.701. The molecule has 4 aliphatic heterocycles. The molecule has 4 aliphatic rings. The second-order valence-electron chi connectivity index (χ2n) is 8.52. The van der Waals surface area contributed by atoms with Crippen LogP contribution in [0.1, 0.15) is 26.7 Å². The molecule has 4 heterocycles. The Morgan fingerprint density at radius 2 is 1.43 bits per heavy atom. The predicted molar refractivity (Wildman–Crippen MR) is 86.6 cm³/mol. The molecule has 0 aromatic carbocycles. The molecule has 21 heavy (non-hydrogen) atoms. The molecule has 0 aliphatic carbocycles. The molecule has 4 saturated heterocycles. The molecule has 0 aromatic rings. The number of piperidine rings is 1. The maximum atomic E-state index is 2.78. The molecular formula is C17H32N4. The van der Waals surface area contributed by atoms with Gasteiger partial charge in [0.15, 0.2) is 0 Å². The lowest BCUT2D eigenvalue weighted by molar-refractivity contribution is -0.111. The summed E-state index contributed by atoms with van der Waals surface area (Å²) in [7, 11) is 2.24. The van der Waals surface area contributed by atoms with Crippen molar-refractivity contribution in [3.05, 3.63) is 0 Å². The monoisotopic (exact) mass is 292 g/mol. The molecule has 4 nitrogen and oxygen atoms in total. The van der Waals surface area contributed by atoms with Crippen molar-refractivity contribution >= 4 is 0 Å². The van der Waals surface area contributed by atoms with Gasteiger partial charge in [0.2, 0.25) is 0 Å². The van der Waals surface area contributed by atoms with Crippen LogP contribution in [-0.2, 0) is 0 Å². The van der Waals surface area contributed by atoms with E-state index < -0.39 is 0 Å². The molecule has 4 heteroatoms.